The van der Waals surface area contributed by atoms with E-state index in [2.05, 4.69) is 31.6 Å². The minimum absolute atomic E-state index is 0.453. The van der Waals surface area contributed by atoms with Gasteiger partial charge in [-0.1, -0.05) is 49.6 Å². The van der Waals surface area contributed by atoms with Crippen molar-refractivity contribution in [3.05, 3.63) is 84.2 Å². The zero-order valence-corrected chi connectivity index (χ0v) is 14.1. The molecule has 2 aromatic rings. The molecule has 0 saturated heterocycles. The first-order chi connectivity index (χ1) is 11.5. The Balaban J connectivity index is 2.78. The van der Waals surface area contributed by atoms with Crippen molar-refractivity contribution in [3.8, 4) is 5.69 Å². The first kappa shape index (κ1) is 17.8. The Labute approximate surface area is 143 Å². The SMILES string of the molecule is C=C/C=C\c1c(C)c(C)c(/C=C\C=C)n1-c1cccc(B(O)O)c1. The van der Waals surface area contributed by atoms with Crippen molar-refractivity contribution in [2.75, 3.05) is 0 Å². The number of allylic oxidation sites excluding steroid dienone is 4. The van der Waals surface area contributed by atoms with E-state index in [0.717, 1.165) is 28.2 Å². The lowest BCUT2D eigenvalue weighted by atomic mass is 9.80. The summed E-state index contributed by atoms with van der Waals surface area (Å²) in [5.41, 5.74) is 5.69. The second-order valence-corrected chi connectivity index (χ2v) is 5.51. The molecule has 4 heteroatoms. The van der Waals surface area contributed by atoms with E-state index in [1.165, 1.54) is 0 Å². The summed E-state index contributed by atoms with van der Waals surface area (Å²) in [6, 6.07) is 7.23. The molecule has 1 aromatic heterocycles. The molecule has 0 radical (unpaired) electrons. The predicted octanol–water partition coefficient (Wildman–Crippen LogP) is 3.17. The van der Waals surface area contributed by atoms with Crippen LogP contribution in [0.15, 0.2) is 61.7 Å². The lowest BCUT2D eigenvalue weighted by Gasteiger charge is -2.12. The molecule has 0 amide bonds. The Kier molecular flexibility index (Phi) is 5.80. The van der Waals surface area contributed by atoms with Gasteiger partial charge in [-0.25, -0.2) is 0 Å². The van der Waals surface area contributed by atoms with E-state index in [-0.39, 0.29) is 0 Å². The van der Waals surface area contributed by atoms with Crippen LogP contribution in [-0.4, -0.2) is 21.7 Å². The molecule has 3 nitrogen and oxygen atoms in total. The molecule has 0 atom stereocenters. The summed E-state index contributed by atoms with van der Waals surface area (Å²) in [7, 11) is -1.50. The minimum atomic E-state index is -1.50. The van der Waals surface area contributed by atoms with E-state index in [1.807, 2.05) is 36.4 Å². The molecule has 0 bridgehead atoms. The fourth-order valence-corrected chi connectivity index (χ4v) is 2.67. The second-order valence-electron chi connectivity index (χ2n) is 5.51. The van der Waals surface area contributed by atoms with E-state index >= 15 is 0 Å². The van der Waals surface area contributed by atoms with Crippen molar-refractivity contribution in [1.82, 2.24) is 4.57 Å². The molecular weight excluding hydrogens is 297 g/mol. The first-order valence-corrected chi connectivity index (χ1v) is 7.77. The van der Waals surface area contributed by atoms with Crippen molar-refractivity contribution in [1.29, 1.82) is 0 Å². The van der Waals surface area contributed by atoms with E-state index in [9.17, 15) is 10.0 Å². The van der Waals surface area contributed by atoms with Gasteiger partial charge in [0, 0.05) is 17.1 Å². The predicted molar refractivity (Wildman–Crippen MR) is 104 cm³/mol. The fraction of sp³-hybridized carbons (Fsp3) is 0.100. The van der Waals surface area contributed by atoms with Gasteiger partial charge in [-0.05, 0) is 54.7 Å². The Morgan fingerprint density at radius 1 is 0.958 bits per heavy atom. The van der Waals surface area contributed by atoms with Gasteiger partial charge in [-0.15, -0.1) is 0 Å². The summed E-state index contributed by atoms with van der Waals surface area (Å²) >= 11 is 0. The van der Waals surface area contributed by atoms with Crippen LogP contribution in [0.25, 0.3) is 17.8 Å². The van der Waals surface area contributed by atoms with Gasteiger partial charge in [0.25, 0.3) is 0 Å². The summed E-state index contributed by atoms with van der Waals surface area (Å²) < 4.78 is 2.09. The van der Waals surface area contributed by atoms with Crippen molar-refractivity contribution >= 4 is 24.7 Å². The quantitative estimate of drug-likeness (QED) is 0.634. The van der Waals surface area contributed by atoms with Crippen molar-refractivity contribution in [2.45, 2.75) is 13.8 Å². The van der Waals surface area contributed by atoms with Crippen molar-refractivity contribution < 1.29 is 10.0 Å². The molecule has 0 spiro atoms. The maximum Gasteiger partial charge on any atom is 0.488 e. The summed E-state index contributed by atoms with van der Waals surface area (Å²) in [6.45, 7) is 11.6. The van der Waals surface area contributed by atoms with Gasteiger partial charge in [-0.3, -0.25) is 0 Å². The average Bonchev–Trinajstić information content (AvgIpc) is 2.82. The Hall–Kier alpha value is -2.56. The third-order valence-corrected chi connectivity index (χ3v) is 4.02. The Morgan fingerprint density at radius 3 is 1.96 bits per heavy atom. The molecule has 1 aromatic carbocycles. The van der Waals surface area contributed by atoms with Gasteiger partial charge in [0.05, 0.1) is 0 Å². The van der Waals surface area contributed by atoms with Gasteiger partial charge < -0.3 is 14.6 Å². The van der Waals surface area contributed by atoms with Crippen LogP contribution in [0.4, 0.5) is 0 Å². The van der Waals surface area contributed by atoms with Gasteiger partial charge in [0.2, 0.25) is 0 Å². The highest BCUT2D eigenvalue weighted by Crippen LogP contribution is 2.28. The van der Waals surface area contributed by atoms with Crippen LogP contribution < -0.4 is 5.46 Å². The second kappa shape index (κ2) is 7.82. The third-order valence-electron chi connectivity index (χ3n) is 4.02. The van der Waals surface area contributed by atoms with Gasteiger partial charge in [-0.2, -0.15) is 0 Å². The molecule has 2 rings (SSSR count). The lowest BCUT2D eigenvalue weighted by molar-refractivity contribution is 0.426. The molecule has 0 fully saturated rings. The largest absolute Gasteiger partial charge is 0.488 e. The molecule has 0 saturated carbocycles. The number of benzene rings is 1. The molecule has 0 unspecified atom stereocenters. The van der Waals surface area contributed by atoms with E-state index in [1.54, 1.807) is 24.3 Å². The van der Waals surface area contributed by atoms with Gasteiger partial charge in [0.1, 0.15) is 0 Å². The molecule has 0 aliphatic heterocycles. The number of hydrogen-bond acceptors (Lipinski definition) is 2. The molecule has 0 aliphatic rings. The van der Waals surface area contributed by atoms with Crippen molar-refractivity contribution in [2.24, 2.45) is 0 Å². The molecule has 24 heavy (non-hydrogen) atoms. The monoisotopic (exact) mass is 319 g/mol. The maximum absolute atomic E-state index is 9.47. The molecule has 2 N–H and O–H groups in total. The molecular formula is C20H22BNO2. The summed E-state index contributed by atoms with van der Waals surface area (Å²) in [6.07, 6.45) is 11.3. The highest BCUT2D eigenvalue weighted by Gasteiger charge is 2.17. The summed E-state index contributed by atoms with van der Waals surface area (Å²) in [5, 5.41) is 18.9. The van der Waals surface area contributed by atoms with Crippen LogP contribution in [0.2, 0.25) is 0 Å². The topological polar surface area (TPSA) is 45.4 Å². The van der Waals surface area contributed by atoms with Crippen LogP contribution in [0.1, 0.15) is 22.5 Å². The Bertz CT molecular complexity index is 772. The van der Waals surface area contributed by atoms with Gasteiger partial charge in [0.15, 0.2) is 0 Å². The zero-order valence-electron chi connectivity index (χ0n) is 14.1. The van der Waals surface area contributed by atoms with E-state index in [0.29, 0.717) is 5.46 Å². The van der Waals surface area contributed by atoms with Crippen LogP contribution in [-0.2, 0) is 0 Å². The maximum atomic E-state index is 9.47. The van der Waals surface area contributed by atoms with Crippen LogP contribution >= 0.6 is 0 Å². The molecule has 1 heterocycles. The summed E-state index contributed by atoms with van der Waals surface area (Å²) in [4.78, 5) is 0. The van der Waals surface area contributed by atoms with E-state index in [4.69, 9.17) is 0 Å². The summed E-state index contributed by atoms with van der Waals surface area (Å²) in [5.74, 6) is 0. The highest BCUT2D eigenvalue weighted by atomic mass is 16.4. The zero-order chi connectivity index (χ0) is 17.7. The smallest absolute Gasteiger partial charge is 0.423 e. The minimum Gasteiger partial charge on any atom is -0.423 e. The first-order valence-electron chi connectivity index (χ1n) is 7.77. The lowest BCUT2D eigenvalue weighted by Crippen LogP contribution is -2.30. The normalized spacial score (nSPS) is 11.3. The average molecular weight is 319 g/mol. The fourth-order valence-electron chi connectivity index (χ4n) is 2.67. The number of rotatable bonds is 6. The van der Waals surface area contributed by atoms with Crippen LogP contribution in [0, 0.1) is 13.8 Å². The number of aromatic nitrogens is 1. The van der Waals surface area contributed by atoms with Gasteiger partial charge >= 0.3 is 7.12 Å². The van der Waals surface area contributed by atoms with Crippen LogP contribution in [0.5, 0.6) is 0 Å². The third kappa shape index (κ3) is 3.50. The molecule has 122 valence electrons. The number of hydrogen-bond donors (Lipinski definition) is 2. The van der Waals surface area contributed by atoms with Crippen molar-refractivity contribution in [3.63, 3.8) is 0 Å². The number of nitrogens with zero attached hydrogens (tertiary/aromatic N) is 1. The van der Waals surface area contributed by atoms with Crippen LogP contribution in [0.3, 0.4) is 0 Å². The molecule has 0 aliphatic carbocycles. The highest BCUT2D eigenvalue weighted by molar-refractivity contribution is 6.58. The van der Waals surface area contributed by atoms with E-state index < -0.39 is 7.12 Å². The Morgan fingerprint density at radius 2 is 1.50 bits per heavy atom. The standard InChI is InChI=1S/C20H22BNO2/c1-5-7-12-19-15(3)16(4)20(13-8-6-2)22(19)18-11-9-10-17(14-18)21(23)24/h5-14,23-24H,1-2H2,3-4H3/b12-7-,13-8-.